The topological polar surface area (TPSA) is 72.3 Å². The number of carbonyl (C=O) groups excluding carboxylic acids is 1. The molecule has 0 radical (unpaired) electrons. The van der Waals surface area contributed by atoms with E-state index in [0.29, 0.717) is 30.6 Å². The predicted molar refractivity (Wildman–Crippen MR) is 193 cm³/mol. The third kappa shape index (κ3) is 6.97. The van der Waals surface area contributed by atoms with Gasteiger partial charge in [-0.15, -0.1) is 0 Å². The Morgan fingerprint density at radius 2 is 1.46 bits per heavy atom. The van der Waals surface area contributed by atoms with Crippen LogP contribution < -0.4 is 14.4 Å². The molecule has 0 unspecified atom stereocenters. The summed E-state index contributed by atoms with van der Waals surface area (Å²) < 4.78 is 19.0. The molecular formula is C39H51N5O4. The molecule has 0 atom stereocenters. The van der Waals surface area contributed by atoms with E-state index in [9.17, 15) is 4.79 Å². The van der Waals surface area contributed by atoms with Crippen LogP contribution in [0.3, 0.4) is 0 Å². The summed E-state index contributed by atoms with van der Waals surface area (Å²) in [6, 6.07) is 20.2. The van der Waals surface area contributed by atoms with Crippen LogP contribution in [0.15, 0.2) is 54.6 Å². The molecule has 0 saturated carbocycles. The van der Waals surface area contributed by atoms with E-state index in [1.807, 2.05) is 43.9 Å². The van der Waals surface area contributed by atoms with Crippen molar-refractivity contribution >= 4 is 22.8 Å². The fraction of sp³-hybridized carbons (Fsp3) is 0.487. The first kappa shape index (κ1) is 33.7. The molecule has 2 fully saturated rings. The number of likely N-dealkylation sites (tertiary alicyclic amines) is 1. The van der Waals surface area contributed by atoms with Gasteiger partial charge in [-0.2, -0.15) is 0 Å². The number of carbonyl (C=O) groups is 1. The zero-order valence-corrected chi connectivity index (χ0v) is 29.9. The highest BCUT2D eigenvalue weighted by Gasteiger charge is 2.30. The number of nitrogens with zero attached hydrogens (tertiary/aromatic N) is 5. The van der Waals surface area contributed by atoms with Crippen LogP contribution in [0.25, 0.3) is 33.5 Å². The lowest BCUT2D eigenvalue weighted by Gasteiger charge is -2.38. The molecule has 9 heteroatoms. The van der Waals surface area contributed by atoms with Crippen molar-refractivity contribution in [1.29, 1.82) is 0 Å². The third-order valence-electron chi connectivity index (χ3n) is 9.85. The summed E-state index contributed by atoms with van der Waals surface area (Å²) in [5.41, 5.74) is 7.38. The number of aromatic nitrogens is 2. The number of imidazole rings is 1. The number of aryl methyl sites for hydroxylation is 1. The molecule has 4 aromatic rings. The Hall–Kier alpha value is -4.24. The molecule has 256 valence electrons. The van der Waals surface area contributed by atoms with Crippen molar-refractivity contribution in [3.63, 3.8) is 0 Å². The fourth-order valence-corrected chi connectivity index (χ4v) is 7.09. The third-order valence-corrected chi connectivity index (χ3v) is 9.85. The van der Waals surface area contributed by atoms with E-state index < -0.39 is 5.60 Å². The number of methoxy groups -OCH3 is 2. The molecule has 3 aromatic carbocycles. The maximum absolute atomic E-state index is 12.9. The van der Waals surface area contributed by atoms with Crippen molar-refractivity contribution in [3.05, 3.63) is 60.2 Å². The molecule has 0 N–H and O–H groups in total. The number of hydrogen-bond donors (Lipinski definition) is 0. The van der Waals surface area contributed by atoms with E-state index in [0.717, 1.165) is 61.4 Å². The quantitative estimate of drug-likeness (QED) is 0.204. The minimum Gasteiger partial charge on any atom is -0.493 e. The van der Waals surface area contributed by atoms with E-state index in [-0.39, 0.29) is 12.0 Å². The largest absolute Gasteiger partial charge is 0.493 e. The molecular weight excluding hydrogens is 602 g/mol. The summed E-state index contributed by atoms with van der Waals surface area (Å²) in [5.74, 6) is 2.48. The van der Waals surface area contributed by atoms with Crippen LogP contribution in [-0.2, 0) is 11.8 Å². The van der Waals surface area contributed by atoms with E-state index >= 15 is 0 Å². The lowest BCUT2D eigenvalue weighted by atomic mass is 9.86. The second kappa shape index (κ2) is 13.7. The summed E-state index contributed by atoms with van der Waals surface area (Å²) in [4.78, 5) is 25.0. The number of hydrogen-bond acceptors (Lipinski definition) is 7. The van der Waals surface area contributed by atoms with Gasteiger partial charge in [-0.05, 0) is 113 Å². The SMILES string of the molecule is COc1ccc(-c2nc3c(C4CCN(C(=O)OC(C)(C)C)CC4)cc(-c4ccc(N5CCN(C(C)C)CC5)cc4)cc3n2C)cc1OC. The summed E-state index contributed by atoms with van der Waals surface area (Å²) in [5, 5.41) is 0. The highest BCUT2D eigenvalue weighted by atomic mass is 16.6. The van der Waals surface area contributed by atoms with Crippen LogP contribution in [0.5, 0.6) is 11.5 Å². The summed E-state index contributed by atoms with van der Waals surface area (Å²) >= 11 is 0. The molecule has 6 rings (SSSR count). The Morgan fingerprint density at radius 3 is 2.06 bits per heavy atom. The Bertz CT molecular complexity index is 1740. The van der Waals surface area contributed by atoms with Crippen LogP contribution >= 0.6 is 0 Å². The van der Waals surface area contributed by atoms with Crippen LogP contribution in [-0.4, -0.2) is 90.6 Å². The van der Waals surface area contributed by atoms with Crippen molar-refractivity contribution in [2.45, 2.75) is 65.0 Å². The van der Waals surface area contributed by atoms with Gasteiger partial charge in [0.15, 0.2) is 11.5 Å². The first-order chi connectivity index (χ1) is 23.0. The first-order valence-corrected chi connectivity index (χ1v) is 17.3. The fourth-order valence-electron chi connectivity index (χ4n) is 7.09. The smallest absolute Gasteiger partial charge is 0.410 e. The number of amides is 1. The Kier molecular flexibility index (Phi) is 9.61. The van der Waals surface area contributed by atoms with Gasteiger partial charge in [-0.3, -0.25) is 4.90 Å². The highest BCUT2D eigenvalue weighted by Crippen LogP contribution is 2.40. The zero-order chi connectivity index (χ0) is 34.2. The molecule has 2 aliphatic heterocycles. The molecule has 0 spiro atoms. The number of fused-ring (bicyclic) bond motifs is 1. The van der Waals surface area contributed by atoms with E-state index in [1.54, 1.807) is 14.2 Å². The van der Waals surface area contributed by atoms with Gasteiger partial charge in [-0.1, -0.05) is 12.1 Å². The average molecular weight is 654 g/mol. The lowest BCUT2D eigenvalue weighted by molar-refractivity contribution is 0.0205. The second-order valence-electron chi connectivity index (χ2n) is 14.4. The Balaban J connectivity index is 1.35. The monoisotopic (exact) mass is 653 g/mol. The predicted octanol–water partition coefficient (Wildman–Crippen LogP) is 7.57. The molecule has 2 saturated heterocycles. The summed E-state index contributed by atoms with van der Waals surface area (Å²) in [6.45, 7) is 15.9. The Labute approximate surface area is 285 Å². The van der Waals surface area contributed by atoms with Crippen molar-refractivity contribution in [2.75, 3.05) is 58.4 Å². The molecule has 48 heavy (non-hydrogen) atoms. The van der Waals surface area contributed by atoms with Gasteiger partial charge in [0.1, 0.15) is 11.4 Å². The van der Waals surface area contributed by atoms with Gasteiger partial charge >= 0.3 is 6.09 Å². The molecule has 9 nitrogen and oxygen atoms in total. The molecule has 2 aliphatic rings. The number of piperazine rings is 1. The minimum atomic E-state index is -0.513. The molecule has 3 heterocycles. The molecule has 1 aromatic heterocycles. The van der Waals surface area contributed by atoms with Crippen LogP contribution in [0.4, 0.5) is 10.5 Å². The highest BCUT2D eigenvalue weighted by molar-refractivity contribution is 5.89. The standard InChI is InChI=1S/C39H51N5O4/c1-26(2)42-19-21-43(22-20-42)31-12-9-27(10-13-31)30-23-32(28-15-17-44(18-16-28)38(45)48-39(3,4)5)36-33(24-30)41(6)37(40-36)29-11-14-34(46-7)35(25-29)47-8/h9-14,23-26,28H,15-22H2,1-8H3. The van der Waals surface area contributed by atoms with Gasteiger partial charge in [0.05, 0.1) is 25.3 Å². The number of anilines is 1. The maximum atomic E-state index is 12.9. The van der Waals surface area contributed by atoms with Crippen molar-refractivity contribution < 1.29 is 19.0 Å². The zero-order valence-electron chi connectivity index (χ0n) is 29.9. The van der Waals surface area contributed by atoms with Crippen LogP contribution in [0, 0.1) is 0 Å². The Morgan fingerprint density at radius 1 is 0.812 bits per heavy atom. The molecule has 0 bridgehead atoms. The van der Waals surface area contributed by atoms with Crippen LogP contribution in [0.2, 0.25) is 0 Å². The minimum absolute atomic E-state index is 0.237. The van der Waals surface area contributed by atoms with E-state index in [4.69, 9.17) is 19.2 Å². The average Bonchev–Trinajstić information content (AvgIpc) is 3.42. The van der Waals surface area contributed by atoms with Gasteiger partial charge in [-0.25, -0.2) is 9.78 Å². The molecule has 0 aliphatic carbocycles. The van der Waals surface area contributed by atoms with Gasteiger partial charge < -0.3 is 28.6 Å². The normalized spacial score (nSPS) is 16.5. The summed E-state index contributed by atoms with van der Waals surface area (Å²) in [6.07, 6.45) is 1.46. The number of rotatable bonds is 7. The van der Waals surface area contributed by atoms with Crippen LogP contribution in [0.1, 0.15) is 58.9 Å². The number of ether oxygens (including phenoxy) is 3. The van der Waals surface area contributed by atoms with Crippen molar-refractivity contribution in [2.24, 2.45) is 7.05 Å². The summed E-state index contributed by atoms with van der Waals surface area (Å²) in [7, 11) is 5.38. The first-order valence-electron chi connectivity index (χ1n) is 17.3. The van der Waals surface area contributed by atoms with E-state index in [2.05, 4.69) is 71.7 Å². The van der Waals surface area contributed by atoms with Crippen molar-refractivity contribution in [3.8, 4) is 34.0 Å². The number of piperidine rings is 1. The van der Waals surface area contributed by atoms with Gasteiger partial charge in [0.2, 0.25) is 0 Å². The van der Waals surface area contributed by atoms with Gasteiger partial charge in [0.25, 0.3) is 0 Å². The number of benzene rings is 3. The maximum Gasteiger partial charge on any atom is 0.410 e. The lowest BCUT2D eigenvalue weighted by Crippen LogP contribution is -2.48. The van der Waals surface area contributed by atoms with Gasteiger partial charge in [0, 0.05) is 63.6 Å². The second-order valence-corrected chi connectivity index (χ2v) is 14.4. The van der Waals surface area contributed by atoms with Crippen molar-refractivity contribution in [1.82, 2.24) is 19.4 Å². The molecule has 1 amide bonds. The van der Waals surface area contributed by atoms with E-state index in [1.165, 1.54) is 22.4 Å².